The molecule has 1 N–H and O–H groups in total. The minimum atomic E-state index is -1.74. The first kappa shape index (κ1) is 14.1. The summed E-state index contributed by atoms with van der Waals surface area (Å²) in [4.78, 5) is 11.8. The first-order valence-electron chi connectivity index (χ1n) is 5.95. The third kappa shape index (κ3) is 2.67. The molecule has 1 aromatic rings. The molecule has 0 bridgehead atoms. The SMILES string of the molecule is CC(C)(C)[Si](C)(C)c1ccccc1C(=O)CO. The standard InChI is InChI=1S/C14H22O2Si/c1-14(2,3)17(4,5)13-9-7-6-8-11(13)12(16)10-15/h6-9,15H,10H2,1-5H3. The highest BCUT2D eigenvalue weighted by molar-refractivity contribution is 6.92. The Balaban J connectivity index is 3.37. The second-order valence-electron chi connectivity index (χ2n) is 6.00. The Morgan fingerprint density at radius 2 is 1.76 bits per heavy atom. The van der Waals surface area contributed by atoms with Gasteiger partial charge < -0.3 is 5.11 Å². The molecule has 1 aromatic carbocycles. The van der Waals surface area contributed by atoms with Crippen LogP contribution in [0.3, 0.4) is 0 Å². The van der Waals surface area contributed by atoms with Crippen LogP contribution in [0.1, 0.15) is 31.1 Å². The monoisotopic (exact) mass is 250 g/mol. The van der Waals surface area contributed by atoms with Crippen LogP contribution in [0.15, 0.2) is 24.3 Å². The maximum Gasteiger partial charge on any atom is 0.188 e. The van der Waals surface area contributed by atoms with Crippen molar-refractivity contribution >= 4 is 19.0 Å². The zero-order valence-electron chi connectivity index (χ0n) is 11.4. The van der Waals surface area contributed by atoms with Gasteiger partial charge in [0.25, 0.3) is 0 Å². The fourth-order valence-corrected chi connectivity index (χ4v) is 3.98. The molecule has 2 nitrogen and oxygen atoms in total. The number of aliphatic hydroxyl groups is 1. The Hall–Kier alpha value is -0.933. The van der Waals surface area contributed by atoms with Crippen LogP contribution in [0.25, 0.3) is 0 Å². The van der Waals surface area contributed by atoms with Gasteiger partial charge in [0.05, 0.1) is 8.07 Å². The van der Waals surface area contributed by atoms with Gasteiger partial charge in [-0.25, -0.2) is 0 Å². The summed E-state index contributed by atoms with van der Waals surface area (Å²) in [5.74, 6) is -0.176. The molecular weight excluding hydrogens is 228 g/mol. The Bertz CT molecular complexity index is 416. The Morgan fingerprint density at radius 3 is 2.24 bits per heavy atom. The van der Waals surface area contributed by atoms with Crippen molar-refractivity contribution in [3.63, 3.8) is 0 Å². The zero-order chi connectivity index (χ0) is 13.3. The largest absolute Gasteiger partial charge is 0.388 e. The molecule has 0 saturated heterocycles. The normalized spacial score (nSPS) is 12.6. The van der Waals surface area contributed by atoms with Crippen molar-refractivity contribution in [3.8, 4) is 0 Å². The molecule has 0 radical (unpaired) electrons. The number of carbonyl (C=O) groups excluding carboxylic acids is 1. The molecule has 0 atom stereocenters. The first-order chi connectivity index (χ1) is 7.71. The van der Waals surface area contributed by atoms with E-state index in [4.69, 9.17) is 5.11 Å². The van der Waals surface area contributed by atoms with Crippen molar-refractivity contribution in [1.29, 1.82) is 0 Å². The molecule has 0 heterocycles. The van der Waals surface area contributed by atoms with E-state index in [2.05, 4.69) is 33.9 Å². The van der Waals surface area contributed by atoms with Gasteiger partial charge in [0.1, 0.15) is 6.61 Å². The zero-order valence-corrected chi connectivity index (χ0v) is 12.4. The van der Waals surface area contributed by atoms with E-state index in [0.29, 0.717) is 5.56 Å². The van der Waals surface area contributed by atoms with Gasteiger partial charge in [-0.2, -0.15) is 0 Å². The van der Waals surface area contributed by atoms with E-state index >= 15 is 0 Å². The number of rotatable bonds is 3. The lowest BCUT2D eigenvalue weighted by atomic mass is 10.1. The summed E-state index contributed by atoms with van der Waals surface area (Å²) in [6.07, 6.45) is 0. The lowest BCUT2D eigenvalue weighted by molar-refractivity contribution is 0.0905. The highest BCUT2D eigenvalue weighted by Gasteiger charge is 2.38. The smallest absolute Gasteiger partial charge is 0.188 e. The molecule has 94 valence electrons. The lowest BCUT2D eigenvalue weighted by Crippen LogP contribution is -2.51. The van der Waals surface area contributed by atoms with Crippen LogP contribution in [0.5, 0.6) is 0 Å². The van der Waals surface area contributed by atoms with E-state index in [1.54, 1.807) is 0 Å². The van der Waals surface area contributed by atoms with Crippen molar-refractivity contribution in [3.05, 3.63) is 29.8 Å². The van der Waals surface area contributed by atoms with E-state index in [1.807, 2.05) is 24.3 Å². The number of Topliss-reactive ketones (excluding diaryl/α,β-unsaturated/α-hetero) is 1. The summed E-state index contributed by atoms with van der Waals surface area (Å²) in [7, 11) is -1.74. The molecule has 0 saturated carbocycles. The van der Waals surface area contributed by atoms with Gasteiger partial charge in [-0.3, -0.25) is 4.79 Å². The van der Waals surface area contributed by atoms with Crippen molar-refractivity contribution < 1.29 is 9.90 Å². The molecule has 0 unspecified atom stereocenters. The van der Waals surface area contributed by atoms with Crippen LogP contribution < -0.4 is 5.19 Å². The van der Waals surface area contributed by atoms with Crippen molar-refractivity contribution in [2.24, 2.45) is 0 Å². The van der Waals surface area contributed by atoms with Crippen LogP contribution >= 0.6 is 0 Å². The summed E-state index contributed by atoms with van der Waals surface area (Å²) < 4.78 is 0. The van der Waals surface area contributed by atoms with Crippen LogP contribution in [0, 0.1) is 0 Å². The fourth-order valence-electron chi connectivity index (χ4n) is 1.76. The van der Waals surface area contributed by atoms with Gasteiger partial charge in [0, 0.05) is 5.56 Å². The van der Waals surface area contributed by atoms with Crippen LogP contribution in [-0.4, -0.2) is 25.6 Å². The van der Waals surface area contributed by atoms with E-state index in [1.165, 1.54) is 0 Å². The van der Waals surface area contributed by atoms with E-state index < -0.39 is 14.7 Å². The Labute approximate surface area is 105 Å². The van der Waals surface area contributed by atoms with Gasteiger partial charge >= 0.3 is 0 Å². The van der Waals surface area contributed by atoms with Crippen molar-refractivity contribution in [1.82, 2.24) is 0 Å². The molecule has 0 amide bonds. The predicted molar refractivity (Wildman–Crippen MR) is 74.7 cm³/mol. The molecular formula is C14H22O2Si. The first-order valence-corrected chi connectivity index (χ1v) is 8.95. The third-order valence-electron chi connectivity index (χ3n) is 3.92. The Kier molecular flexibility index (Phi) is 3.94. The van der Waals surface area contributed by atoms with Crippen molar-refractivity contribution in [2.45, 2.75) is 38.9 Å². The molecule has 1 rings (SSSR count). The van der Waals surface area contributed by atoms with Crippen LogP contribution in [-0.2, 0) is 0 Å². The van der Waals surface area contributed by atoms with Gasteiger partial charge in [-0.15, -0.1) is 0 Å². The van der Waals surface area contributed by atoms with Gasteiger partial charge in [-0.1, -0.05) is 58.1 Å². The average Bonchev–Trinajstić information content (AvgIpc) is 2.26. The molecule has 0 spiro atoms. The number of hydrogen-bond donors (Lipinski definition) is 1. The third-order valence-corrected chi connectivity index (χ3v) is 9.45. The minimum Gasteiger partial charge on any atom is -0.388 e. The number of hydrogen-bond acceptors (Lipinski definition) is 2. The van der Waals surface area contributed by atoms with E-state index in [-0.39, 0.29) is 10.8 Å². The van der Waals surface area contributed by atoms with Gasteiger partial charge in [0.2, 0.25) is 0 Å². The predicted octanol–water partition coefficient (Wildman–Crippen LogP) is 2.58. The molecule has 0 aliphatic heterocycles. The summed E-state index contributed by atoms with van der Waals surface area (Å²) >= 11 is 0. The summed E-state index contributed by atoms with van der Waals surface area (Å²) in [6.45, 7) is 10.8. The Morgan fingerprint density at radius 1 is 1.24 bits per heavy atom. The fraction of sp³-hybridized carbons (Fsp3) is 0.500. The number of aliphatic hydroxyl groups excluding tert-OH is 1. The van der Waals surface area contributed by atoms with E-state index in [0.717, 1.165) is 5.19 Å². The average molecular weight is 250 g/mol. The second kappa shape index (κ2) is 4.74. The van der Waals surface area contributed by atoms with Crippen LogP contribution in [0.4, 0.5) is 0 Å². The van der Waals surface area contributed by atoms with Gasteiger partial charge in [-0.05, 0) is 10.2 Å². The lowest BCUT2D eigenvalue weighted by Gasteiger charge is -2.38. The quantitative estimate of drug-likeness (QED) is 0.661. The molecule has 0 aromatic heterocycles. The molecule has 17 heavy (non-hydrogen) atoms. The maximum atomic E-state index is 11.8. The summed E-state index contributed by atoms with van der Waals surface area (Å²) in [5.41, 5.74) is 0.696. The molecule has 0 aliphatic rings. The van der Waals surface area contributed by atoms with E-state index in [9.17, 15) is 4.79 Å². The summed E-state index contributed by atoms with van der Waals surface area (Å²) in [5, 5.41) is 10.4. The second-order valence-corrected chi connectivity index (χ2v) is 11.3. The topological polar surface area (TPSA) is 37.3 Å². The minimum absolute atomic E-state index is 0.176. The number of carbonyl (C=O) groups is 1. The van der Waals surface area contributed by atoms with Crippen molar-refractivity contribution in [2.75, 3.05) is 6.61 Å². The summed E-state index contributed by atoms with van der Waals surface area (Å²) in [6, 6.07) is 7.71. The number of ketones is 1. The highest BCUT2D eigenvalue weighted by Crippen LogP contribution is 2.36. The maximum absolute atomic E-state index is 11.8. The molecule has 0 fully saturated rings. The molecule has 0 aliphatic carbocycles. The molecule has 3 heteroatoms. The number of benzene rings is 1. The highest BCUT2D eigenvalue weighted by atomic mass is 28.3. The van der Waals surface area contributed by atoms with Gasteiger partial charge in [0.15, 0.2) is 5.78 Å². The van der Waals surface area contributed by atoms with Crippen LogP contribution in [0.2, 0.25) is 18.1 Å².